The molecule has 1 aliphatic rings. The van der Waals surface area contributed by atoms with Crippen LogP contribution >= 0.6 is 0 Å². The van der Waals surface area contributed by atoms with E-state index in [-0.39, 0.29) is 24.5 Å². The molecule has 26 heavy (non-hydrogen) atoms. The largest absolute Gasteiger partial charge is 0.466 e. The second kappa shape index (κ2) is 8.33. The van der Waals surface area contributed by atoms with Gasteiger partial charge in [0, 0.05) is 5.92 Å². The summed E-state index contributed by atoms with van der Waals surface area (Å²) in [5.41, 5.74) is 0. The molecule has 7 heteroatoms. The third-order valence-electron chi connectivity index (χ3n) is 4.30. The summed E-state index contributed by atoms with van der Waals surface area (Å²) in [6, 6.07) is 8.12. The van der Waals surface area contributed by atoms with E-state index in [1.54, 1.807) is 39.0 Å². The van der Waals surface area contributed by atoms with Crippen LogP contribution in [0.2, 0.25) is 0 Å². The Kier molecular flexibility index (Phi) is 6.60. The standard InChI is InChI=1S/C19H26O6S/c1-5-17(26(21,22)14-10-8-7-9-11-14)15(12-18(20)23-6-2)16-13-24-19(3,4)25-16/h5,7-11,15-17H,1,6,12-13H2,2-4H3/t15-,16-,17+/m1/s1. The number of benzene rings is 1. The van der Waals surface area contributed by atoms with Gasteiger partial charge >= 0.3 is 5.97 Å². The van der Waals surface area contributed by atoms with Crippen LogP contribution in [0, 0.1) is 5.92 Å². The van der Waals surface area contributed by atoms with E-state index in [0.717, 1.165) is 0 Å². The molecular weight excluding hydrogens is 356 g/mol. The summed E-state index contributed by atoms with van der Waals surface area (Å²) in [5, 5.41) is -1.00. The van der Waals surface area contributed by atoms with Crippen molar-refractivity contribution in [3.05, 3.63) is 43.0 Å². The van der Waals surface area contributed by atoms with E-state index in [2.05, 4.69) is 6.58 Å². The molecule has 6 nitrogen and oxygen atoms in total. The van der Waals surface area contributed by atoms with Gasteiger partial charge in [-0.15, -0.1) is 6.58 Å². The van der Waals surface area contributed by atoms with Crippen LogP contribution in [-0.4, -0.2) is 44.7 Å². The number of ether oxygens (including phenoxy) is 3. The topological polar surface area (TPSA) is 78.9 Å². The van der Waals surface area contributed by atoms with E-state index in [9.17, 15) is 13.2 Å². The van der Waals surface area contributed by atoms with Crippen molar-refractivity contribution < 1.29 is 27.4 Å². The van der Waals surface area contributed by atoms with Gasteiger partial charge in [-0.05, 0) is 32.9 Å². The quantitative estimate of drug-likeness (QED) is 0.508. The minimum atomic E-state index is -3.75. The third kappa shape index (κ3) is 4.72. The highest BCUT2D eigenvalue weighted by Crippen LogP contribution is 2.34. The lowest BCUT2D eigenvalue weighted by Gasteiger charge is -2.29. The summed E-state index contributed by atoms with van der Waals surface area (Å²) in [5.74, 6) is -1.97. The van der Waals surface area contributed by atoms with Gasteiger partial charge < -0.3 is 14.2 Å². The Morgan fingerprint density at radius 1 is 1.38 bits per heavy atom. The van der Waals surface area contributed by atoms with Crippen LogP contribution in [0.4, 0.5) is 0 Å². The zero-order chi connectivity index (χ0) is 19.4. The Morgan fingerprint density at radius 2 is 2.04 bits per heavy atom. The number of sulfone groups is 1. The molecule has 0 saturated carbocycles. The fraction of sp³-hybridized carbons (Fsp3) is 0.526. The van der Waals surface area contributed by atoms with Gasteiger partial charge in [0.15, 0.2) is 15.6 Å². The third-order valence-corrected chi connectivity index (χ3v) is 6.49. The number of carbonyl (C=O) groups is 1. The summed E-state index contributed by atoms with van der Waals surface area (Å²) in [7, 11) is -3.75. The van der Waals surface area contributed by atoms with Crippen molar-refractivity contribution in [1.82, 2.24) is 0 Å². The highest BCUT2D eigenvalue weighted by Gasteiger charge is 2.45. The van der Waals surface area contributed by atoms with Crippen LogP contribution in [-0.2, 0) is 28.8 Å². The molecule has 0 aromatic heterocycles. The highest BCUT2D eigenvalue weighted by molar-refractivity contribution is 7.92. The fourth-order valence-electron chi connectivity index (χ4n) is 3.10. The van der Waals surface area contributed by atoms with Crippen molar-refractivity contribution in [1.29, 1.82) is 0 Å². The summed E-state index contributed by atoms with van der Waals surface area (Å²) in [6.45, 7) is 9.34. The SMILES string of the molecule is C=C[C@@H]([C@H](CC(=O)OCC)[C@H]1COC(C)(C)O1)S(=O)(=O)c1ccccc1. The maximum absolute atomic E-state index is 13.1. The smallest absolute Gasteiger partial charge is 0.306 e. The van der Waals surface area contributed by atoms with Gasteiger partial charge in [-0.1, -0.05) is 24.3 Å². The van der Waals surface area contributed by atoms with Crippen molar-refractivity contribution in [2.24, 2.45) is 5.92 Å². The second-order valence-corrected chi connectivity index (χ2v) is 8.70. The first-order chi connectivity index (χ1) is 12.2. The van der Waals surface area contributed by atoms with Crippen molar-refractivity contribution in [2.45, 2.75) is 49.2 Å². The number of hydrogen-bond acceptors (Lipinski definition) is 6. The van der Waals surface area contributed by atoms with Crippen LogP contribution in [0.1, 0.15) is 27.2 Å². The molecule has 0 radical (unpaired) electrons. The first-order valence-corrected chi connectivity index (χ1v) is 10.1. The second-order valence-electron chi connectivity index (χ2n) is 6.60. The van der Waals surface area contributed by atoms with E-state index in [1.165, 1.54) is 18.2 Å². The van der Waals surface area contributed by atoms with Crippen LogP contribution in [0.15, 0.2) is 47.9 Å². The maximum atomic E-state index is 13.1. The average Bonchev–Trinajstić information content (AvgIpc) is 2.95. The predicted molar refractivity (Wildman–Crippen MR) is 97.3 cm³/mol. The van der Waals surface area contributed by atoms with E-state index in [1.807, 2.05) is 0 Å². The Bertz CT molecular complexity index is 726. The lowest BCUT2D eigenvalue weighted by Crippen LogP contribution is -2.40. The average molecular weight is 382 g/mol. The highest BCUT2D eigenvalue weighted by atomic mass is 32.2. The van der Waals surface area contributed by atoms with Gasteiger partial charge in [0.1, 0.15) is 0 Å². The Balaban J connectivity index is 2.38. The fourth-order valence-corrected chi connectivity index (χ4v) is 4.93. The van der Waals surface area contributed by atoms with Gasteiger partial charge in [0.05, 0.1) is 35.9 Å². The van der Waals surface area contributed by atoms with Gasteiger partial charge in [-0.2, -0.15) is 0 Å². The lowest BCUT2D eigenvalue weighted by molar-refractivity contribution is -0.153. The molecule has 0 bridgehead atoms. The number of esters is 1. The molecule has 1 aromatic carbocycles. The molecule has 0 N–H and O–H groups in total. The molecule has 0 aliphatic carbocycles. The van der Waals surface area contributed by atoms with Crippen molar-refractivity contribution in [2.75, 3.05) is 13.2 Å². The minimum Gasteiger partial charge on any atom is -0.466 e. The van der Waals surface area contributed by atoms with Crippen molar-refractivity contribution in [3.8, 4) is 0 Å². The molecule has 0 unspecified atom stereocenters. The summed E-state index contributed by atoms with van der Waals surface area (Å²) >= 11 is 0. The molecule has 1 saturated heterocycles. The summed E-state index contributed by atoms with van der Waals surface area (Å²) in [6.07, 6.45) is 0.706. The van der Waals surface area contributed by atoms with Crippen LogP contribution in [0.25, 0.3) is 0 Å². The Labute approximate surface area is 155 Å². The summed E-state index contributed by atoms with van der Waals surface area (Å²) in [4.78, 5) is 12.3. The molecule has 0 spiro atoms. The lowest BCUT2D eigenvalue weighted by atomic mass is 9.94. The molecule has 2 rings (SSSR count). The van der Waals surface area contributed by atoms with Crippen LogP contribution in [0.5, 0.6) is 0 Å². The van der Waals surface area contributed by atoms with Gasteiger partial charge in [0.25, 0.3) is 0 Å². The van der Waals surface area contributed by atoms with E-state index < -0.39 is 38.9 Å². The maximum Gasteiger partial charge on any atom is 0.306 e. The van der Waals surface area contributed by atoms with Crippen LogP contribution < -0.4 is 0 Å². The first kappa shape index (κ1) is 20.6. The first-order valence-electron chi connectivity index (χ1n) is 8.60. The van der Waals surface area contributed by atoms with Crippen molar-refractivity contribution in [3.63, 3.8) is 0 Å². The normalized spacial score (nSPS) is 21.7. The van der Waals surface area contributed by atoms with Gasteiger partial charge in [-0.3, -0.25) is 4.79 Å². The van der Waals surface area contributed by atoms with E-state index >= 15 is 0 Å². The Morgan fingerprint density at radius 3 is 2.54 bits per heavy atom. The molecular formula is C19H26O6S. The van der Waals surface area contributed by atoms with Gasteiger partial charge in [-0.25, -0.2) is 8.42 Å². The zero-order valence-corrected chi connectivity index (χ0v) is 16.2. The van der Waals surface area contributed by atoms with Crippen molar-refractivity contribution >= 4 is 15.8 Å². The number of hydrogen-bond donors (Lipinski definition) is 0. The number of rotatable bonds is 8. The predicted octanol–water partition coefficient (Wildman–Crippen LogP) is 2.74. The molecule has 144 valence electrons. The molecule has 1 fully saturated rings. The number of carbonyl (C=O) groups excluding carboxylic acids is 1. The molecule has 1 aromatic rings. The molecule has 3 atom stereocenters. The zero-order valence-electron chi connectivity index (χ0n) is 15.4. The summed E-state index contributed by atoms with van der Waals surface area (Å²) < 4.78 is 42.8. The minimum absolute atomic E-state index is 0.0965. The monoisotopic (exact) mass is 382 g/mol. The van der Waals surface area contributed by atoms with Crippen LogP contribution in [0.3, 0.4) is 0 Å². The molecule has 1 aliphatic heterocycles. The van der Waals surface area contributed by atoms with E-state index in [0.29, 0.717) is 0 Å². The Hall–Kier alpha value is -1.70. The molecule has 1 heterocycles. The molecule has 0 amide bonds. The van der Waals surface area contributed by atoms with Gasteiger partial charge in [0.2, 0.25) is 0 Å². The van der Waals surface area contributed by atoms with E-state index in [4.69, 9.17) is 14.2 Å².